The highest BCUT2D eigenvalue weighted by Gasteiger charge is 2.30. The SMILES string of the molecule is Cc1cnc(-c2ccccc2NC(=O)C2CCN(c3ccc(C#N)cc3F)C2)[nH]1. The highest BCUT2D eigenvalue weighted by Crippen LogP contribution is 2.30. The van der Waals surface area contributed by atoms with Gasteiger partial charge in [0, 0.05) is 30.5 Å². The predicted octanol–water partition coefficient (Wildman–Crippen LogP) is 3.86. The molecule has 0 aliphatic carbocycles. The monoisotopic (exact) mass is 389 g/mol. The Bertz CT molecular complexity index is 1100. The van der Waals surface area contributed by atoms with Gasteiger partial charge in [0.25, 0.3) is 0 Å². The van der Waals surface area contributed by atoms with Gasteiger partial charge >= 0.3 is 0 Å². The van der Waals surface area contributed by atoms with Crippen LogP contribution in [-0.2, 0) is 4.79 Å². The second-order valence-corrected chi connectivity index (χ2v) is 7.16. The highest BCUT2D eigenvalue weighted by atomic mass is 19.1. The van der Waals surface area contributed by atoms with Crippen LogP contribution in [0.25, 0.3) is 11.4 Å². The summed E-state index contributed by atoms with van der Waals surface area (Å²) in [5, 5.41) is 11.9. The Morgan fingerprint density at radius 2 is 2.17 bits per heavy atom. The fourth-order valence-corrected chi connectivity index (χ4v) is 3.61. The quantitative estimate of drug-likeness (QED) is 0.710. The Kier molecular flexibility index (Phi) is 5.00. The molecular formula is C22H20FN5O. The number of benzene rings is 2. The number of halogens is 1. The van der Waals surface area contributed by atoms with Crippen molar-refractivity contribution >= 4 is 17.3 Å². The van der Waals surface area contributed by atoms with E-state index in [1.807, 2.05) is 42.2 Å². The molecule has 1 saturated heterocycles. The van der Waals surface area contributed by atoms with Crippen LogP contribution < -0.4 is 10.2 Å². The van der Waals surface area contributed by atoms with Crippen molar-refractivity contribution < 1.29 is 9.18 Å². The number of hydrogen-bond donors (Lipinski definition) is 2. The molecular weight excluding hydrogens is 369 g/mol. The average Bonchev–Trinajstić information content (AvgIpc) is 3.37. The van der Waals surface area contributed by atoms with Crippen molar-refractivity contribution in [1.82, 2.24) is 9.97 Å². The molecule has 6 nitrogen and oxygen atoms in total. The van der Waals surface area contributed by atoms with E-state index in [1.54, 1.807) is 18.3 Å². The summed E-state index contributed by atoms with van der Waals surface area (Å²) in [7, 11) is 0. The molecule has 1 atom stereocenters. The first-order valence-electron chi connectivity index (χ1n) is 9.41. The number of carbonyl (C=O) groups is 1. The molecule has 4 rings (SSSR count). The van der Waals surface area contributed by atoms with Crippen molar-refractivity contribution in [3.05, 3.63) is 65.7 Å². The highest BCUT2D eigenvalue weighted by molar-refractivity contribution is 5.96. The smallest absolute Gasteiger partial charge is 0.229 e. The normalized spacial score (nSPS) is 15.9. The van der Waals surface area contributed by atoms with E-state index >= 15 is 0 Å². The number of anilines is 2. The van der Waals surface area contributed by atoms with Crippen molar-refractivity contribution in [1.29, 1.82) is 5.26 Å². The minimum absolute atomic E-state index is 0.0997. The minimum Gasteiger partial charge on any atom is -0.368 e. The molecule has 1 fully saturated rings. The van der Waals surface area contributed by atoms with Gasteiger partial charge in [0.2, 0.25) is 5.91 Å². The molecule has 146 valence electrons. The van der Waals surface area contributed by atoms with Crippen molar-refractivity contribution in [3.63, 3.8) is 0 Å². The summed E-state index contributed by atoms with van der Waals surface area (Å²) in [6, 6.07) is 13.9. The lowest BCUT2D eigenvalue weighted by Gasteiger charge is -2.19. The van der Waals surface area contributed by atoms with E-state index in [2.05, 4.69) is 15.3 Å². The standard InChI is InChI=1S/C22H20FN5O/c1-14-12-25-21(26-14)17-4-2-3-5-19(17)27-22(29)16-8-9-28(13-16)20-7-6-15(11-24)10-18(20)23/h2-7,10,12,16H,8-9,13H2,1H3,(H,25,26)(H,27,29). The number of nitrogens with one attached hydrogen (secondary N) is 2. The molecule has 0 radical (unpaired) electrons. The van der Waals surface area contributed by atoms with E-state index < -0.39 is 5.82 Å². The van der Waals surface area contributed by atoms with Gasteiger partial charge in [0.1, 0.15) is 11.6 Å². The van der Waals surface area contributed by atoms with Crippen molar-refractivity contribution in [2.24, 2.45) is 5.92 Å². The number of aryl methyl sites for hydroxylation is 1. The second kappa shape index (κ2) is 7.76. The van der Waals surface area contributed by atoms with Gasteiger partial charge in [-0.2, -0.15) is 5.26 Å². The van der Waals surface area contributed by atoms with Crippen molar-refractivity contribution in [2.45, 2.75) is 13.3 Å². The summed E-state index contributed by atoms with van der Waals surface area (Å²) in [4.78, 5) is 22.2. The Balaban J connectivity index is 1.48. The first kappa shape index (κ1) is 18.7. The van der Waals surface area contributed by atoms with Crippen molar-refractivity contribution in [2.75, 3.05) is 23.3 Å². The topological polar surface area (TPSA) is 84.8 Å². The van der Waals surface area contributed by atoms with Crippen LogP contribution in [0.2, 0.25) is 0 Å². The van der Waals surface area contributed by atoms with E-state index in [9.17, 15) is 9.18 Å². The first-order chi connectivity index (χ1) is 14.0. The van der Waals surface area contributed by atoms with Crippen LogP contribution in [0, 0.1) is 30.0 Å². The molecule has 2 aromatic carbocycles. The summed E-state index contributed by atoms with van der Waals surface area (Å²) >= 11 is 0. The molecule has 3 aromatic rings. The molecule has 1 aromatic heterocycles. The molecule has 1 amide bonds. The first-order valence-corrected chi connectivity index (χ1v) is 9.41. The summed E-state index contributed by atoms with van der Waals surface area (Å²) in [5.41, 5.74) is 3.16. The van der Waals surface area contributed by atoms with Gasteiger partial charge in [0.15, 0.2) is 0 Å². The number of carbonyl (C=O) groups excluding carboxylic acids is 1. The molecule has 2 N–H and O–H groups in total. The van der Waals surface area contributed by atoms with Crippen LogP contribution in [-0.4, -0.2) is 29.0 Å². The lowest BCUT2D eigenvalue weighted by Crippen LogP contribution is -2.27. The molecule has 0 spiro atoms. The maximum atomic E-state index is 14.3. The third-order valence-electron chi connectivity index (χ3n) is 5.12. The summed E-state index contributed by atoms with van der Waals surface area (Å²) < 4.78 is 14.3. The van der Waals surface area contributed by atoms with Gasteiger partial charge in [-0.15, -0.1) is 0 Å². The van der Waals surface area contributed by atoms with E-state index in [0.717, 1.165) is 11.3 Å². The van der Waals surface area contributed by atoms with Crippen molar-refractivity contribution in [3.8, 4) is 17.5 Å². The number of para-hydroxylation sites is 1. The van der Waals surface area contributed by atoms with Gasteiger partial charge in [-0.1, -0.05) is 12.1 Å². The zero-order valence-corrected chi connectivity index (χ0v) is 15.9. The van der Waals surface area contributed by atoms with Gasteiger partial charge in [-0.25, -0.2) is 9.37 Å². The molecule has 0 bridgehead atoms. The van der Waals surface area contributed by atoms with Crippen LogP contribution >= 0.6 is 0 Å². The van der Waals surface area contributed by atoms with E-state index in [-0.39, 0.29) is 17.4 Å². The summed E-state index contributed by atoms with van der Waals surface area (Å²) in [6.07, 6.45) is 2.38. The number of hydrogen-bond acceptors (Lipinski definition) is 4. The molecule has 0 saturated carbocycles. The fourth-order valence-electron chi connectivity index (χ4n) is 3.61. The zero-order valence-electron chi connectivity index (χ0n) is 15.9. The van der Waals surface area contributed by atoms with E-state index in [0.29, 0.717) is 36.7 Å². The second-order valence-electron chi connectivity index (χ2n) is 7.16. The predicted molar refractivity (Wildman–Crippen MR) is 109 cm³/mol. The Labute approximate surface area is 168 Å². The number of nitriles is 1. The molecule has 1 unspecified atom stereocenters. The molecule has 29 heavy (non-hydrogen) atoms. The Hall–Kier alpha value is -3.66. The maximum Gasteiger partial charge on any atom is 0.229 e. The van der Waals surface area contributed by atoms with Gasteiger partial charge < -0.3 is 15.2 Å². The number of nitrogens with zero attached hydrogens (tertiary/aromatic N) is 3. The third kappa shape index (κ3) is 3.83. The lowest BCUT2D eigenvalue weighted by atomic mass is 10.1. The number of amides is 1. The van der Waals surface area contributed by atoms with Crippen LogP contribution in [0.4, 0.5) is 15.8 Å². The summed E-state index contributed by atoms with van der Waals surface area (Å²) in [6.45, 7) is 2.93. The number of aromatic nitrogens is 2. The number of rotatable bonds is 4. The van der Waals surface area contributed by atoms with E-state index in [4.69, 9.17) is 5.26 Å². The number of aromatic amines is 1. The molecule has 7 heteroatoms. The number of imidazole rings is 1. The Morgan fingerprint density at radius 1 is 1.34 bits per heavy atom. The maximum absolute atomic E-state index is 14.3. The van der Waals surface area contributed by atoms with Crippen LogP contribution in [0.3, 0.4) is 0 Å². The van der Waals surface area contributed by atoms with Crippen LogP contribution in [0.5, 0.6) is 0 Å². The summed E-state index contributed by atoms with van der Waals surface area (Å²) in [5.74, 6) is -0.0940. The van der Waals surface area contributed by atoms with Gasteiger partial charge in [0.05, 0.1) is 28.9 Å². The zero-order chi connectivity index (χ0) is 20.4. The largest absolute Gasteiger partial charge is 0.368 e. The van der Waals surface area contributed by atoms with Gasteiger partial charge in [-0.05, 0) is 43.7 Å². The molecule has 2 heterocycles. The van der Waals surface area contributed by atoms with E-state index in [1.165, 1.54) is 6.07 Å². The van der Waals surface area contributed by atoms with Gasteiger partial charge in [-0.3, -0.25) is 4.79 Å². The number of H-pyrrole nitrogens is 1. The van der Waals surface area contributed by atoms with Crippen LogP contribution in [0.15, 0.2) is 48.7 Å². The third-order valence-corrected chi connectivity index (χ3v) is 5.12. The Morgan fingerprint density at radius 3 is 2.90 bits per heavy atom. The van der Waals surface area contributed by atoms with Crippen LogP contribution in [0.1, 0.15) is 17.7 Å². The molecule has 1 aliphatic heterocycles. The minimum atomic E-state index is -0.441. The molecule has 1 aliphatic rings. The lowest BCUT2D eigenvalue weighted by molar-refractivity contribution is -0.119. The fraction of sp³-hybridized carbons (Fsp3) is 0.227. The average molecular weight is 389 g/mol.